The number of hydrogen-bond donors (Lipinski definition) is 2. The molecule has 0 aliphatic rings. The third kappa shape index (κ3) is 4.28. The zero-order valence-corrected chi connectivity index (χ0v) is 18.5. The maximum atomic E-state index is 13.5. The lowest BCUT2D eigenvalue weighted by atomic mass is 10.0. The summed E-state index contributed by atoms with van der Waals surface area (Å²) in [5.74, 6) is -0.407. The molecule has 0 spiro atoms. The van der Waals surface area contributed by atoms with E-state index in [0.717, 1.165) is 10.8 Å². The van der Waals surface area contributed by atoms with Gasteiger partial charge in [-0.15, -0.1) is 0 Å². The Bertz CT molecular complexity index is 1550. The van der Waals surface area contributed by atoms with Crippen molar-refractivity contribution in [2.24, 2.45) is 0 Å². The Balaban J connectivity index is 1.34. The second kappa shape index (κ2) is 8.61. The molecule has 5 rings (SSSR count). The van der Waals surface area contributed by atoms with Crippen LogP contribution >= 0.6 is 23.8 Å². The molecule has 0 fully saturated rings. The molecule has 33 heavy (non-hydrogen) atoms. The molecule has 0 atom stereocenters. The molecule has 162 valence electrons. The fourth-order valence-electron chi connectivity index (χ4n) is 3.55. The molecule has 5 nitrogen and oxygen atoms in total. The van der Waals surface area contributed by atoms with E-state index in [9.17, 15) is 9.18 Å². The number of carbonyl (C=O) groups is 1. The van der Waals surface area contributed by atoms with Gasteiger partial charge in [-0.25, -0.2) is 9.37 Å². The molecule has 0 radical (unpaired) electrons. The zero-order chi connectivity index (χ0) is 22.9. The molecule has 1 aromatic heterocycles. The summed E-state index contributed by atoms with van der Waals surface area (Å²) in [5.41, 5.74) is 2.73. The Hall–Kier alpha value is -3.81. The Labute approximate surface area is 198 Å². The van der Waals surface area contributed by atoms with E-state index in [1.54, 1.807) is 54.6 Å². The third-order valence-corrected chi connectivity index (χ3v) is 5.59. The molecule has 8 heteroatoms. The van der Waals surface area contributed by atoms with Crippen molar-refractivity contribution < 1.29 is 13.6 Å². The molecule has 0 aliphatic carbocycles. The first-order chi connectivity index (χ1) is 16.0. The largest absolute Gasteiger partial charge is 0.436 e. The molecule has 0 aliphatic heterocycles. The minimum absolute atomic E-state index is 0.132. The monoisotopic (exact) mass is 475 g/mol. The first kappa shape index (κ1) is 21.1. The second-order valence-corrected chi connectivity index (χ2v) is 8.08. The predicted octanol–water partition coefficient (Wildman–Crippen LogP) is 6.57. The number of anilines is 1. The van der Waals surface area contributed by atoms with Crippen LogP contribution < -0.4 is 10.6 Å². The Kier molecular flexibility index (Phi) is 5.50. The summed E-state index contributed by atoms with van der Waals surface area (Å²) in [7, 11) is 0. The van der Waals surface area contributed by atoms with Crippen LogP contribution in [0.4, 0.5) is 10.1 Å². The highest BCUT2D eigenvalue weighted by molar-refractivity contribution is 7.80. The van der Waals surface area contributed by atoms with E-state index >= 15 is 0 Å². The number of rotatable bonds is 3. The van der Waals surface area contributed by atoms with Crippen molar-refractivity contribution in [3.63, 3.8) is 0 Å². The van der Waals surface area contributed by atoms with Crippen LogP contribution in [0.15, 0.2) is 83.3 Å². The van der Waals surface area contributed by atoms with Gasteiger partial charge < -0.3 is 9.73 Å². The number of carbonyl (C=O) groups excluding carboxylic acids is 1. The lowest BCUT2D eigenvalue weighted by Gasteiger charge is -2.11. The highest BCUT2D eigenvalue weighted by atomic mass is 35.5. The Morgan fingerprint density at radius 1 is 0.970 bits per heavy atom. The van der Waals surface area contributed by atoms with Crippen molar-refractivity contribution in [3.8, 4) is 11.5 Å². The summed E-state index contributed by atoms with van der Waals surface area (Å²) in [6, 6.07) is 22.0. The number of halogens is 2. The van der Waals surface area contributed by atoms with Crippen molar-refractivity contribution >= 4 is 62.4 Å². The molecule has 2 N–H and O–H groups in total. The minimum Gasteiger partial charge on any atom is -0.436 e. The van der Waals surface area contributed by atoms with Gasteiger partial charge in [0.1, 0.15) is 11.3 Å². The summed E-state index contributed by atoms with van der Waals surface area (Å²) in [6.07, 6.45) is 0. The molecule has 1 amide bonds. The van der Waals surface area contributed by atoms with Crippen LogP contribution in [0.3, 0.4) is 0 Å². The molecule has 0 saturated heterocycles. The van der Waals surface area contributed by atoms with E-state index in [1.807, 2.05) is 12.1 Å². The highest BCUT2D eigenvalue weighted by Crippen LogP contribution is 2.27. The maximum Gasteiger partial charge on any atom is 0.258 e. The van der Waals surface area contributed by atoms with Crippen LogP contribution in [0.5, 0.6) is 0 Å². The van der Waals surface area contributed by atoms with E-state index in [-0.39, 0.29) is 16.8 Å². The van der Waals surface area contributed by atoms with Crippen LogP contribution in [0.2, 0.25) is 5.02 Å². The van der Waals surface area contributed by atoms with Crippen molar-refractivity contribution in [1.82, 2.24) is 10.3 Å². The van der Waals surface area contributed by atoms with Crippen LogP contribution in [0.1, 0.15) is 10.4 Å². The van der Waals surface area contributed by atoms with Gasteiger partial charge in [-0.05, 0) is 66.1 Å². The summed E-state index contributed by atoms with van der Waals surface area (Å²) in [5, 5.41) is 7.90. The lowest BCUT2D eigenvalue weighted by Crippen LogP contribution is -2.34. The molecule has 4 aromatic carbocycles. The number of thiocarbonyl (C=S) groups is 1. The van der Waals surface area contributed by atoms with Crippen LogP contribution in [-0.2, 0) is 0 Å². The van der Waals surface area contributed by atoms with Gasteiger partial charge in [-0.3, -0.25) is 10.1 Å². The fourth-order valence-corrected chi connectivity index (χ4v) is 4.00. The second-order valence-electron chi connectivity index (χ2n) is 7.26. The van der Waals surface area contributed by atoms with Crippen LogP contribution in [0, 0.1) is 5.82 Å². The quantitative estimate of drug-likeness (QED) is 0.289. The Morgan fingerprint density at radius 3 is 2.61 bits per heavy atom. The van der Waals surface area contributed by atoms with Crippen molar-refractivity contribution in [3.05, 3.63) is 95.3 Å². The molecular formula is C25H15ClFN3O2S. The Morgan fingerprint density at radius 2 is 1.76 bits per heavy atom. The van der Waals surface area contributed by atoms with Gasteiger partial charge in [-0.1, -0.05) is 41.9 Å². The van der Waals surface area contributed by atoms with Gasteiger partial charge >= 0.3 is 0 Å². The lowest BCUT2D eigenvalue weighted by molar-refractivity contribution is 0.0979. The van der Waals surface area contributed by atoms with E-state index in [4.69, 9.17) is 28.2 Å². The van der Waals surface area contributed by atoms with E-state index in [0.29, 0.717) is 38.8 Å². The van der Waals surface area contributed by atoms with Gasteiger partial charge in [-0.2, -0.15) is 0 Å². The first-order valence-corrected chi connectivity index (χ1v) is 10.7. The normalized spacial score (nSPS) is 11.0. The number of fused-ring (bicyclic) bond motifs is 2. The number of hydrogen-bond acceptors (Lipinski definition) is 4. The number of benzene rings is 4. The minimum atomic E-state index is -0.369. The van der Waals surface area contributed by atoms with Crippen LogP contribution in [0.25, 0.3) is 33.3 Å². The van der Waals surface area contributed by atoms with E-state index in [2.05, 4.69) is 15.6 Å². The SMILES string of the molecule is O=C(NC(=S)Nc1ccc2oc(-c3cccc(F)c3)nc2c1)c1cccc2c(Cl)cccc12. The molecule has 0 saturated carbocycles. The topological polar surface area (TPSA) is 67.2 Å². The maximum absolute atomic E-state index is 13.5. The van der Waals surface area contributed by atoms with E-state index in [1.165, 1.54) is 12.1 Å². The number of aromatic nitrogens is 1. The molecule has 1 heterocycles. The number of oxazole rings is 1. The van der Waals surface area contributed by atoms with Gasteiger partial charge in [0.05, 0.1) is 0 Å². The standard InChI is InChI=1S/C25H15ClFN3O2S/c26-20-9-3-6-17-18(20)7-2-8-19(17)23(31)30-25(33)28-16-10-11-22-21(13-16)29-24(32-22)14-4-1-5-15(27)12-14/h1-13H,(H2,28,30,31,33). The zero-order valence-electron chi connectivity index (χ0n) is 16.9. The predicted molar refractivity (Wildman–Crippen MR) is 132 cm³/mol. The molecule has 0 unspecified atom stereocenters. The average molecular weight is 476 g/mol. The molecule has 5 aromatic rings. The highest BCUT2D eigenvalue weighted by Gasteiger charge is 2.14. The summed E-state index contributed by atoms with van der Waals surface area (Å²) in [4.78, 5) is 17.3. The smallest absolute Gasteiger partial charge is 0.258 e. The number of amides is 1. The first-order valence-electron chi connectivity index (χ1n) is 9.94. The van der Waals surface area contributed by atoms with Crippen molar-refractivity contribution in [1.29, 1.82) is 0 Å². The summed E-state index contributed by atoms with van der Waals surface area (Å²) >= 11 is 11.6. The molecule has 0 bridgehead atoms. The third-order valence-electron chi connectivity index (χ3n) is 5.06. The number of nitrogens with one attached hydrogen (secondary N) is 2. The fraction of sp³-hybridized carbons (Fsp3) is 0. The van der Waals surface area contributed by atoms with E-state index < -0.39 is 0 Å². The summed E-state index contributed by atoms with van der Waals surface area (Å²) < 4.78 is 19.2. The summed E-state index contributed by atoms with van der Waals surface area (Å²) in [6.45, 7) is 0. The average Bonchev–Trinajstić information content (AvgIpc) is 3.22. The van der Waals surface area contributed by atoms with Gasteiger partial charge in [0.25, 0.3) is 5.91 Å². The molecular weight excluding hydrogens is 461 g/mol. The van der Waals surface area contributed by atoms with Crippen LogP contribution in [-0.4, -0.2) is 16.0 Å². The van der Waals surface area contributed by atoms with Crippen molar-refractivity contribution in [2.75, 3.05) is 5.32 Å². The number of nitrogens with zero attached hydrogens (tertiary/aromatic N) is 1. The van der Waals surface area contributed by atoms with Gasteiger partial charge in [0.2, 0.25) is 5.89 Å². The van der Waals surface area contributed by atoms with Gasteiger partial charge in [0, 0.05) is 27.2 Å². The van der Waals surface area contributed by atoms with Crippen molar-refractivity contribution in [2.45, 2.75) is 0 Å². The van der Waals surface area contributed by atoms with Gasteiger partial charge in [0.15, 0.2) is 10.7 Å².